The van der Waals surface area contributed by atoms with Crippen molar-refractivity contribution >= 4 is 30.4 Å². The number of imidazole rings is 1. The van der Waals surface area contributed by atoms with Gasteiger partial charge in [-0.25, -0.2) is 25.1 Å². The molecule has 0 aliphatic rings. The Morgan fingerprint density at radius 2 is 1.90 bits per heavy atom. The van der Waals surface area contributed by atoms with Gasteiger partial charge in [-0.15, -0.1) is 0 Å². The standard InChI is InChI=1S/C25H32F3N8O4P/c1-5-10-39-23(37)24(3,4)35-41(38,34-20(25(26,27)28)18-8-6-17(11-29)7-9-18)15-40-16(2)12-36-14-33-19-21(30)31-13-32-22(19)36/h6-9,13-14,16,20H,5,10,12,15H2,1-4H3,(H2,30,31,32)(H2,34,35,38)/t16-,20+,41+/m1/s1. The summed E-state index contributed by atoms with van der Waals surface area (Å²) in [4.78, 5) is 24.9. The number of halogens is 3. The maximum atomic E-state index is 14.3. The number of nitrogens with two attached hydrogens (primary N) is 1. The number of nitrogen functional groups attached to an aromatic ring is 1. The Morgan fingerprint density at radius 3 is 2.51 bits per heavy atom. The number of hydrogen-bond acceptors (Lipinski definition) is 9. The molecule has 3 rings (SSSR count). The molecule has 0 saturated heterocycles. The van der Waals surface area contributed by atoms with Crippen LogP contribution in [0.1, 0.15) is 51.3 Å². The molecular weight excluding hydrogens is 564 g/mol. The number of alkyl halides is 3. The third-order valence-electron chi connectivity index (χ3n) is 5.87. The van der Waals surface area contributed by atoms with Crippen molar-refractivity contribution < 1.29 is 32.0 Å². The number of nitrogens with zero attached hydrogens (tertiary/aromatic N) is 5. The Labute approximate surface area is 234 Å². The molecule has 0 aliphatic heterocycles. The molecule has 0 bridgehead atoms. The fraction of sp³-hybridized carbons (Fsp3) is 0.480. The van der Waals surface area contributed by atoms with Crippen LogP contribution in [0.15, 0.2) is 36.9 Å². The minimum Gasteiger partial charge on any atom is -0.464 e. The van der Waals surface area contributed by atoms with Crippen molar-refractivity contribution in [2.24, 2.45) is 0 Å². The number of esters is 1. The van der Waals surface area contributed by atoms with Crippen LogP contribution < -0.4 is 15.9 Å². The van der Waals surface area contributed by atoms with Crippen LogP contribution >= 0.6 is 7.44 Å². The summed E-state index contributed by atoms with van der Waals surface area (Å²) in [5.41, 5.74) is 4.85. The highest BCUT2D eigenvalue weighted by Gasteiger charge is 2.47. The van der Waals surface area contributed by atoms with E-state index in [1.807, 2.05) is 6.07 Å². The number of nitrogens with one attached hydrogen (secondary N) is 2. The number of aromatic nitrogens is 4. The van der Waals surface area contributed by atoms with Gasteiger partial charge in [0, 0.05) is 0 Å². The Morgan fingerprint density at radius 1 is 1.22 bits per heavy atom. The van der Waals surface area contributed by atoms with E-state index in [1.54, 1.807) is 18.4 Å². The molecule has 41 heavy (non-hydrogen) atoms. The van der Waals surface area contributed by atoms with Gasteiger partial charge in [-0.05, 0) is 44.9 Å². The zero-order chi connectivity index (χ0) is 30.4. The largest absolute Gasteiger partial charge is 0.464 e. The molecule has 4 N–H and O–H groups in total. The van der Waals surface area contributed by atoms with Crippen LogP contribution in [-0.4, -0.2) is 56.3 Å². The molecule has 1 aromatic carbocycles. The highest BCUT2D eigenvalue weighted by Crippen LogP contribution is 2.46. The molecule has 12 nitrogen and oxygen atoms in total. The Kier molecular flexibility index (Phi) is 10.1. The second-order valence-corrected chi connectivity index (χ2v) is 12.1. The summed E-state index contributed by atoms with van der Waals surface area (Å²) in [6.07, 6.45) is -3.04. The number of ether oxygens (including phenoxy) is 2. The van der Waals surface area contributed by atoms with Gasteiger partial charge in [0.15, 0.2) is 11.5 Å². The van der Waals surface area contributed by atoms with Gasteiger partial charge in [-0.1, -0.05) is 19.1 Å². The van der Waals surface area contributed by atoms with Crippen LogP contribution in [0.25, 0.3) is 11.2 Å². The SMILES string of the molecule is CCCOC(=O)C(C)(C)N[P@](=O)(CO[C@H](C)Cn1cnc2c(N)ncnc21)N[C@@H](c1ccc(C#N)cc1)C(F)(F)F. The average molecular weight is 597 g/mol. The lowest BCUT2D eigenvalue weighted by Crippen LogP contribution is -2.50. The molecule has 0 aliphatic carbocycles. The lowest BCUT2D eigenvalue weighted by molar-refractivity contribution is -0.153. The normalized spacial score (nSPS) is 15.2. The molecule has 2 heterocycles. The predicted molar refractivity (Wildman–Crippen MR) is 144 cm³/mol. The lowest BCUT2D eigenvalue weighted by atomic mass is 10.1. The molecule has 16 heteroatoms. The van der Waals surface area contributed by atoms with Crippen molar-refractivity contribution in [2.75, 3.05) is 18.7 Å². The van der Waals surface area contributed by atoms with E-state index in [0.717, 1.165) is 12.1 Å². The highest BCUT2D eigenvalue weighted by atomic mass is 31.2. The minimum absolute atomic E-state index is 0.0819. The molecule has 0 fully saturated rings. The van der Waals surface area contributed by atoms with Gasteiger partial charge in [0.05, 0.1) is 37.2 Å². The third kappa shape index (κ3) is 8.23. The number of nitriles is 1. The van der Waals surface area contributed by atoms with E-state index in [1.165, 1.54) is 38.6 Å². The molecule has 3 atom stereocenters. The number of rotatable bonds is 13. The fourth-order valence-corrected chi connectivity index (χ4v) is 6.24. The second-order valence-electron chi connectivity index (χ2n) is 9.88. The lowest BCUT2D eigenvalue weighted by Gasteiger charge is -2.34. The van der Waals surface area contributed by atoms with E-state index >= 15 is 0 Å². The summed E-state index contributed by atoms with van der Waals surface area (Å²) in [6, 6.07) is 4.13. The number of anilines is 1. The second kappa shape index (κ2) is 12.9. The summed E-state index contributed by atoms with van der Waals surface area (Å²) < 4.78 is 69.5. The molecule has 0 radical (unpaired) electrons. The maximum absolute atomic E-state index is 14.3. The van der Waals surface area contributed by atoms with Crippen LogP contribution in [0.2, 0.25) is 0 Å². The molecule has 222 valence electrons. The van der Waals surface area contributed by atoms with Crippen molar-refractivity contribution in [3.05, 3.63) is 48.0 Å². The van der Waals surface area contributed by atoms with Gasteiger partial charge in [0.2, 0.25) is 7.44 Å². The smallest absolute Gasteiger partial charge is 0.408 e. The van der Waals surface area contributed by atoms with Crippen molar-refractivity contribution in [3.63, 3.8) is 0 Å². The van der Waals surface area contributed by atoms with Crippen molar-refractivity contribution in [1.29, 1.82) is 5.26 Å². The third-order valence-corrected chi connectivity index (χ3v) is 7.98. The summed E-state index contributed by atoms with van der Waals surface area (Å²) in [7, 11) is -4.34. The Hall–Kier alpha value is -3.57. The number of carbonyl (C=O) groups is 1. The van der Waals surface area contributed by atoms with Gasteiger partial charge in [-0.3, -0.25) is 9.36 Å². The molecule has 3 aromatic rings. The van der Waals surface area contributed by atoms with E-state index in [9.17, 15) is 22.5 Å². The van der Waals surface area contributed by atoms with Crippen LogP contribution in [0.5, 0.6) is 0 Å². The molecule has 0 amide bonds. The van der Waals surface area contributed by atoms with Gasteiger partial charge >= 0.3 is 12.1 Å². The summed E-state index contributed by atoms with van der Waals surface area (Å²) in [5.74, 6) is -0.614. The number of benzene rings is 1. The predicted octanol–water partition coefficient (Wildman–Crippen LogP) is 4.05. The molecular formula is C25H32F3N8O4P. The first-order chi connectivity index (χ1) is 19.2. The van der Waals surface area contributed by atoms with E-state index in [2.05, 4.69) is 25.1 Å². The van der Waals surface area contributed by atoms with Crippen LogP contribution in [-0.2, 0) is 25.4 Å². The van der Waals surface area contributed by atoms with E-state index in [-0.39, 0.29) is 30.1 Å². The molecule has 0 spiro atoms. The van der Waals surface area contributed by atoms with Crippen LogP contribution in [0.4, 0.5) is 19.0 Å². The first-order valence-corrected chi connectivity index (χ1v) is 14.5. The van der Waals surface area contributed by atoms with Gasteiger partial charge in [-0.2, -0.15) is 18.4 Å². The quantitative estimate of drug-likeness (QED) is 0.192. The monoisotopic (exact) mass is 596 g/mol. The first kappa shape index (κ1) is 32.0. The first-order valence-electron chi connectivity index (χ1n) is 12.6. The summed E-state index contributed by atoms with van der Waals surface area (Å²) in [6.45, 7) is 6.35. The Balaban J connectivity index is 1.88. The molecule has 2 aromatic heterocycles. The van der Waals surface area contributed by atoms with Crippen molar-refractivity contribution in [1.82, 2.24) is 29.7 Å². The number of hydrogen-bond donors (Lipinski definition) is 3. The highest BCUT2D eigenvalue weighted by molar-refractivity contribution is 7.59. The topological polar surface area (TPSA) is 170 Å². The minimum atomic E-state index is -4.89. The number of carbonyl (C=O) groups excluding carboxylic acids is 1. The number of fused-ring (bicyclic) bond motifs is 1. The average Bonchev–Trinajstić information content (AvgIpc) is 3.32. The van der Waals surface area contributed by atoms with Crippen LogP contribution in [0.3, 0.4) is 0 Å². The zero-order valence-electron chi connectivity index (χ0n) is 23.0. The van der Waals surface area contributed by atoms with Crippen molar-refractivity contribution in [3.8, 4) is 6.07 Å². The molecule has 0 unspecified atom stereocenters. The van der Waals surface area contributed by atoms with Gasteiger partial charge in [0.25, 0.3) is 0 Å². The van der Waals surface area contributed by atoms with Crippen LogP contribution in [0, 0.1) is 11.3 Å². The van der Waals surface area contributed by atoms with Gasteiger partial charge < -0.3 is 19.8 Å². The molecule has 0 saturated carbocycles. The fourth-order valence-electron chi connectivity index (χ4n) is 3.86. The summed E-state index contributed by atoms with van der Waals surface area (Å²) >= 11 is 0. The summed E-state index contributed by atoms with van der Waals surface area (Å²) in [5, 5.41) is 13.8. The van der Waals surface area contributed by atoms with E-state index < -0.39 is 43.6 Å². The van der Waals surface area contributed by atoms with E-state index in [0.29, 0.717) is 17.6 Å². The van der Waals surface area contributed by atoms with Crippen molar-refractivity contribution in [2.45, 2.75) is 64.5 Å². The van der Waals surface area contributed by atoms with Gasteiger partial charge in [0.1, 0.15) is 29.8 Å². The Bertz CT molecular complexity index is 1440. The maximum Gasteiger partial charge on any atom is 0.408 e. The van der Waals surface area contributed by atoms with E-state index in [4.69, 9.17) is 20.5 Å². The zero-order valence-corrected chi connectivity index (χ0v) is 23.9.